The van der Waals surface area contributed by atoms with Crippen molar-refractivity contribution in [3.8, 4) is 11.3 Å². The maximum Gasteiger partial charge on any atom is 0.335 e. The Labute approximate surface area is 179 Å². The van der Waals surface area contributed by atoms with Crippen molar-refractivity contribution in [2.75, 3.05) is 0 Å². The Bertz CT molecular complexity index is 1170. The first-order valence-electron chi connectivity index (χ1n) is 10.1. The molecule has 1 aliphatic carbocycles. The minimum atomic E-state index is -1.02. The smallest absolute Gasteiger partial charge is 0.335 e. The van der Waals surface area contributed by atoms with E-state index in [0.717, 1.165) is 40.6 Å². The van der Waals surface area contributed by atoms with Gasteiger partial charge < -0.3 is 15.1 Å². The van der Waals surface area contributed by atoms with Gasteiger partial charge >= 0.3 is 11.9 Å². The predicted molar refractivity (Wildman–Crippen MR) is 115 cm³/mol. The Kier molecular flexibility index (Phi) is 5.42. The minimum absolute atomic E-state index is 0.0565. The van der Waals surface area contributed by atoms with Gasteiger partial charge in [0, 0.05) is 23.4 Å². The number of carboxylic acid groups (broad SMARTS) is 2. The van der Waals surface area contributed by atoms with Crippen LogP contribution in [-0.4, -0.2) is 44.0 Å². The number of carbonyl (C=O) groups excluding carboxylic acids is 1. The summed E-state index contributed by atoms with van der Waals surface area (Å²) in [6.07, 6.45) is 1.64. The molecule has 0 saturated heterocycles. The molecule has 2 N–H and O–H groups in total. The van der Waals surface area contributed by atoms with Gasteiger partial charge in [0.1, 0.15) is 6.04 Å². The van der Waals surface area contributed by atoms with Crippen LogP contribution >= 0.6 is 0 Å². The highest BCUT2D eigenvalue weighted by Gasteiger charge is 2.37. The molecule has 7 nitrogen and oxygen atoms in total. The Morgan fingerprint density at radius 3 is 2.35 bits per heavy atom. The largest absolute Gasteiger partial charge is 0.480 e. The van der Waals surface area contributed by atoms with Gasteiger partial charge in [0.25, 0.3) is 0 Å². The third-order valence-corrected chi connectivity index (χ3v) is 5.57. The van der Waals surface area contributed by atoms with Gasteiger partial charge in [-0.2, -0.15) is 0 Å². The molecule has 7 heteroatoms. The van der Waals surface area contributed by atoms with Gasteiger partial charge in [-0.3, -0.25) is 4.79 Å². The lowest BCUT2D eigenvalue weighted by Crippen LogP contribution is -2.43. The van der Waals surface area contributed by atoms with Crippen LogP contribution < -0.4 is 0 Å². The van der Waals surface area contributed by atoms with Crippen LogP contribution in [0.1, 0.15) is 35.7 Å². The van der Waals surface area contributed by atoms with Crippen molar-refractivity contribution in [1.82, 2.24) is 9.88 Å². The van der Waals surface area contributed by atoms with Gasteiger partial charge in [-0.15, -0.1) is 0 Å². The summed E-state index contributed by atoms with van der Waals surface area (Å²) in [4.78, 5) is 41.2. The SMILES string of the molecule is CC(C(=O)O)N(Cc1ccc2nc(-c3ccc(C(=O)O)cc3)ccc2c1)C(=O)C1CC1. The summed E-state index contributed by atoms with van der Waals surface area (Å²) in [5.74, 6) is -2.15. The third-order valence-electron chi connectivity index (χ3n) is 5.57. The zero-order valence-electron chi connectivity index (χ0n) is 17.0. The summed E-state index contributed by atoms with van der Waals surface area (Å²) in [6.45, 7) is 1.77. The molecule has 1 saturated carbocycles. The summed E-state index contributed by atoms with van der Waals surface area (Å²) >= 11 is 0. The second kappa shape index (κ2) is 8.18. The fraction of sp³-hybridized carbons (Fsp3) is 0.250. The van der Waals surface area contributed by atoms with Crippen LogP contribution in [0.15, 0.2) is 54.6 Å². The number of fused-ring (bicyclic) bond motifs is 1. The number of nitrogens with zero attached hydrogens (tertiary/aromatic N) is 2. The van der Waals surface area contributed by atoms with E-state index in [1.807, 2.05) is 30.3 Å². The number of carboxylic acids is 2. The lowest BCUT2D eigenvalue weighted by molar-refractivity contribution is -0.150. The highest BCUT2D eigenvalue weighted by atomic mass is 16.4. The molecule has 1 atom stereocenters. The molecule has 1 fully saturated rings. The lowest BCUT2D eigenvalue weighted by Gasteiger charge is -2.27. The number of benzene rings is 2. The first-order chi connectivity index (χ1) is 14.8. The summed E-state index contributed by atoms with van der Waals surface area (Å²) in [5.41, 5.74) is 3.36. The number of hydrogen-bond acceptors (Lipinski definition) is 4. The molecular weight excluding hydrogens is 396 g/mol. The average Bonchev–Trinajstić information content (AvgIpc) is 3.61. The quantitative estimate of drug-likeness (QED) is 0.604. The van der Waals surface area contributed by atoms with Gasteiger partial charge in [0.15, 0.2) is 0 Å². The molecule has 31 heavy (non-hydrogen) atoms. The number of pyridine rings is 1. The molecular formula is C24H22N2O5. The number of hydrogen-bond donors (Lipinski definition) is 2. The van der Waals surface area contributed by atoms with Crippen LogP contribution in [0.5, 0.6) is 0 Å². The predicted octanol–water partition coefficient (Wildman–Crippen LogP) is 3.81. The standard InChI is InChI=1S/C24H22N2O5/c1-14(23(28)29)26(22(27)17-5-6-17)13-15-2-10-21-19(12-15)9-11-20(25-21)16-3-7-18(8-4-16)24(30)31/h2-4,7-12,14,17H,5-6,13H2,1H3,(H,28,29)(H,30,31). The number of aliphatic carboxylic acids is 1. The lowest BCUT2D eigenvalue weighted by atomic mass is 10.1. The van der Waals surface area contributed by atoms with Crippen LogP contribution in [0.25, 0.3) is 22.2 Å². The molecule has 0 bridgehead atoms. The molecule has 1 aliphatic rings. The van der Waals surface area contributed by atoms with E-state index in [0.29, 0.717) is 0 Å². The average molecular weight is 418 g/mol. The van der Waals surface area contributed by atoms with Gasteiger partial charge in [0.2, 0.25) is 5.91 Å². The van der Waals surface area contributed by atoms with Crippen LogP contribution in [0, 0.1) is 5.92 Å². The Balaban J connectivity index is 1.59. The van der Waals surface area contributed by atoms with Crippen molar-refractivity contribution < 1.29 is 24.6 Å². The van der Waals surface area contributed by atoms with E-state index in [4.69, 9.17) is 5.11 Å². The topological polar surface area (TPSA) is 108 Å². The molecule has 0 aliphatic heterocycles. The third kappa shape index (κ3) is 4.40. The van der Waals surface area contributed by atoms with Gasteiger partial charge in [-0.25, -0.2) is 14.6 Å². The Morgan fingerprint density at radius 2 is 1.74 bits per heavy atom. The maximum absolute atomic E-state index is 12.6. The molecule has 158 valence electrons. The molecule has 1 heterocycles. The Hall–Kier alpha value is -3.74. The molecule has 1 amide bonds. The number of amides is 1. The monoisotopic (exact) mass is 418 g/mol. The first kappa shape index (κ1) is 20.5. The summed E-state index contributed by atoms with van der Waals surface area (Å²) in [5, 5.41) is 19.3. The van der Waals surface area contributed by atoms with Crippen molar-refractivity contribution >= 4 is 28.7 Å². The van der Waals surface area contributed by atoms with E-state index in [-0.39, 0.29) is 23.9 Å². The Morgan fingerprint density at radius 1 is 1.03 bits per heavy atom. The van der Waals surface area contributed by atoms with Gasteiger partial charge in [-0.05, 0) is 55.7 Å². The van der Waals surface area contributed by atoms with Crippen LogP contribution in [-0.2, 0) is 16.1 Å². The van der Waals surface area contributed by atoms with E-state index < -0.39 is 18.0 Å². The van der Waals surface area contributed by atoms with Crippen LogP contribution in [0.4, 0.5) is 0 Å². The number of aromatic nitrogens is 1. The van der Waals surface area contributed by atoms with E-state index >= 15 is 0 Å². The molecule has 3 aromatic rings. The molecule has 4 rings (SSSR count). The molecule has 0 spiro atoms. The zero-order chi connectivity index (χ0) is 22.1. The van der Waals surface area contributed by atoms with Crippen LogP contribution in [0.2, 0.25) is 0 Å². The normalized spacial score (nSPS) is 14.2. The fourth-order valence-electron chi connectivity index (χ4n) is 3.52. The summed E-state index contributed by atoms with van der Waals surface area (Å²) in [6, 6.07) is 15.0. The van der Waals surface area contributed by atoms with Gasteiger partial charge in [-0.1, -0.05) is 24.3 Å². The molecule has 1 aromatic heterocycles. The van der Waals surface area contributed by atoms with E-state index in [1.165, 1.54) is 11.8 Å². The van der Waals surface area contributed by atoms with E-state index in [1.54, 1.807) is 24.3 Å². The highest BCUT2D eigenvalue weighted by Crippen LogP contribution is 2.32. The second-order valence-corrected chi connectivity index (χ2v) is 7.86. The van der Waals surface area contributed by atoms with Crippen molar-refractivity contribution in [2.24, 2.45) is 5.92 Å². The fourth-order valence-corrected chi connectivity index (χ4v) is 3.52. The molecule has 0 radical (unpaired) electrons. The van der Waals surface area contributed by atoms with E-state index in [9.17, 15) is 19.5 Å². The van der Waals surface area contributed by atoms with Crippen molar-refractivity contribution in [1.29, 1.82) is 0 Å². The summed E-state index contributed by atoms with van der Waals surface area (Å²) < 4.78 is 0. The molecule has 1 unspecified atom stereocenters. The maximum atomic E-state index is 12.6. The number of rotatable bonds is 7. The first-order valence-corrected chi connectivity index (χ1v) is 10.1. The minimum Gasteiger partial charge on any atom is -0.480 e. The molecule has 2 aromatic carbocycles. The van der Waals surface area contributed by atoms with Crippen molar-refractivity contribution in [2.45, 2.75) is 32.4 Å². The van der Waals surface area contributed by atoms with E-state index in [2.05, 4.69) is 4.98 Å². The second-order valence-electron chi connectivity index (χ2n) is 7.86. The number of carbonyl (C=O) groups is 3. The highest BCUT2D eigenvalue weighted by molar-refractivity contribution is 5.89. The van der Waals surface area contributed by atoms with Crippen molar-refractivity contribution in [3.05, 3.63) is 65.7 Å². The zero-order valence-corrected chi connectivity index (χ0v) is 17.0. The van der Waals surface area contributed by atoms with Gasteiger partial charge in [0.05, 0.1) is 16.8 Å². The number of aromatic carboxylic acids is 1. The summed E-state index contributed by atoms with van der Waals surface area (Å²) in [7, 11) is 0. The van der Waals surface area contributed by atoms with Crippen molar-refractivity contribution in [3.63, 3.8) is 0 Å². The van der Waals surface area contributed by atoms with Crippen LogP contribution in [0.3, 0.4) is 0 Å².